The van der Waals surface area contributed by atoms with Crippen LogP contribution in [0.3, 0.4) is 0 Å². The number of aromatic nitrogens is 2. The zero-order chi connectivity index (χ0) is 16.8. The smallest absolute Gasteiger partial charge is 0.274 e. The summed E-state index contributed by atoms with van der Waals surface area (Å²) < 4.78 is 1.70. The molecule has 25 heavy (non-hydrogen) atoms. The second-order valence-electron chi connectivity index (χ2n) is 7.21. The van der Waals surface area contributed by atoms with Gasteiger partial charge in [-0.2, -0.15) is 5.10 Å². The monoisotopic (exact) mass is 332 g/mol. The van der Waals surface area contributed by atoms with E-state index >= 15 is 0 Å². The number of benzene rings is 2. The third kappa shape index (κ3) is 2.32. The summed E-state index contributed by atoms with van der Waals surface area (Å²) in [6.07, 6.45) is 3.95. The molecule has 2 aliphatic rings. The van der Waals surface area contributed by atoms with Gasteiger partial charge >= 0.3 is 0 Å². The van der Waals surface area contributed by atoms with Crippen LogP contribution in [-0.2, 0) is 6.54 Å². The van der Waals surface area contributed by atoms with E-state index in [1.165, 1.54) is 37.9 Å². The van der Waals surface area contributed by atoms with Crippen LogP contribution < -0.4 is 10.5 Å². The van der Waals surface area contributed by atoms with Gasteiger partial charge in [0.25, 0.3) is 5.56 Å². The van der Waals surface area contributed by atoms with Crippen molar-refractivity contribution in [1.82, 2.24) is 9.78 Å². The lowest BCUT2D eigenvalue weighted by molar-refractivity contribution is -0.905. The standard InChI is InChI=1S/C21H21N3O/c25-21-18-10-6-9-16-15-7-2-3-8-17(15)20(19(16)18)22-24(21)14-13-23-11-4-1-5-12-23/h2-3,6-10H,1,4-5,11-14H2/p+1. The first kappa shape index (κ1) is 14.8. The Kier molecular flexibility index (Phi) is 3.45. The molecule has 1 aromatic heterocycles. The molecule has 4 nitrogen and oxygen atoms in total. The number of hydrogen-bond acceptors (Lipinski definition) is 2. The van der Waals surface area contributed by atoms with Crippen LogP contribution in [0, 0.1) is 0 Å². The van der Waals surface area contributed by atoms with E-state index in [0.29, 0.717) is 6.54 Å². The Morgan fingerprint density at radius 2 is 1.68 bits per heavy atom. The van der Waals surface area contributed by atoms with Crippen LogP contribution >= 0.6 is 0 Å². The van der Waals surface area contributed by atoms with Gasteiger partial charge in [-0.3, -0.25) is 4.79 Å². The molecule has 126 valence electrons. The van der Waals surface area contributed by atoms with Crippen LogP contribution in [-0.4, -0.2) is 29.4 Å². The minimum Gasteiger partial charge on any atom is -0.333 e. The highest BCUT2D eigenvalue weighted by atomic mass is 16.1. The molecular formula is C21H22N3O+. The first-order valence-corrected chi connectivity index (χ1v) is 9.30. The topological polar surface area (TPSA) is 39.3 Å². The average Bonchev–Trinajstić information content (AvgIpc) is 2.99. The molecule has 2 heterocycles. The Balaban J connectivity index is 1.60. The maximum Gasteiger partial charge on any atom is 0.274 e. The molecule has 0 radical (unpaired) electrons. The molecule has 0 atom stereocenters. The van der Waals surface area contributed by atoms with E-state index in [1.54, 1.807) is 9.58 Å². The lowest BCUT2D eigenvalue weighted by Gasteiger charge is -2.23. The lowest BCUT2D eigenvalue weighted by atomic mass is 10.0. The van der Waals surface area contributed by atoms with Crippen LogP contribution in [0.15, 0.2) is 47.3 Å². The van der Waals surface area contributed by atoms with Gasteiger partial charge in [0.15, 0.2) is 0 Å². The van der Waals surface area contributed by atoms with Crippen molar-refractivity contribution < 1.29 is 4.90 Å². The van der Waals surface area contributed by atoms with Gasteiger partial charge in [-0.1, -0.05) is 36.4 Å². The van der Waals surface area contributed by atoms with E-state index in [4.69, 9.17) is 5.10 Å². The summed E-state index contributed by atoms with van der Waals surface area (Å²) in [5, 5.41) is 6.61. The third-order valence-corrected chi connectivity index (χ3v) is 5.70. The molecule has 0 saturated carbocycles. The highest BCUT2D eigenvalue weighted by Crippen LogP contribution is 2.44. The van der Waals surface area contributed by atoms with E-state index in [2.05, 4.69) is 24.3 Å². The minimum absolute atomic E-state index is 0.0461. The fourth-order valence-electron chi connectivity index (χ4n) is 4.40. The van der Waals surface area contributed by atoms with E-state index in [9.17, 15) is 4.79 Å². The number of quaternary nitrogens is 1. The van der Waals surface area contributed by atoms with Crippen molar-refractivity contribution in [1.29, 1.82) is 0 Å². The number of likely N-dealkylation sites (tertiary alicyclic amines) is 1. The molecule has 1 saturated heterocycles. The zero-order valence-electron chi connectivity index (χ0n) is 14.3. The molecule has 1 aliphatic carbocycles. The Labute approximate surface area is 146 Å². The molecule has 0 bridgehead atoms. The van der Waals surface area contributed by atoms with Crippen LogP contribution in [0.2, 0.25) is 0 Å². The summed E-state index contributed by atoms with van der Waals surface area (Å²) in [5.41, 5.74) is 4.49. The summed E-state index contributed by atoms with van der Waals surface area (Å²) in [6.45, 7) is 4.13. The van der Waals surface area contributed by atoms with Crippen LogP contribution in [0.25, 0.3) is 33.2 Å². The SMILES string of the molecule is O=c1c2cccc3c2c(nn1CC[NH+]1CCCCC1)-c1ccccc1-3. The van der Waals surface area contributed by atoms with E-state index in [1.807, 2.05) is 18.2 Å². The highest BCUT2D eigenvalue weighted by molar-refractivity contribution is 6.13. The Morgan fingerprint density at radius 1 is 0.920 bits per heavy atom. The number of fused-ring (bicyclic) bond motifs is 3. The average molecular weight is 332 g/mol. The molecule has 4 heteroatoms. The van der Waals surface area contributed by atoms with Crippen LogP contribution in [0.1, 0.15) is 19.3 Å². The fourth-order valence-corrected chi connectivity index (χ4v) is 4.40. The van der Waals surface area contributed by atoms with Crippen molar-refractivity contribution >= 4 is 10.8 Å². The van der Waals surface area contributed by atoms with Gasteiger partial charge in [-0.05, 0) is 36.5 Å². The highest BCUT2D eigenvalue weighted by Gasteiger charge is 2.25. The normalized spacial score (nSPS) is 16.3. The summed E-state index contributed by atoms with van der Waals surface area (Å²) >= 11 is 0. The van der Waals surface area contributed by atoms with Gasteiger partial charge in [0.2, 0.25) is 0 Å². The lowest BCUT2D eigenvalue weighted by Crippen LogP contribution is -3.13. The van der Waals surface area contributed by atoms with Crippen molar-refractivity contribution in [3.8, 4) is 22.4 Å². The largest absolute Gasteiger partial charge is 0.333 e. The van der Waals surface area contributed by atoms with Crippen molar-refractivity contribution in [2.24, 2.45) is 0 Å². The summed E-state index contributed by atoms with van der Waals surface area (Å²) in [6, 6.07) is 14.4. The van der Waals surface area contributed by atoms with Crippen molar-refractivity contribution in [3.63, 3.8) is 0 Å². The van der Waals surface area contributed by atoms with Crippen molar-refractivity contribution in [3.05, 3.63) is 52.8 Å². The molecular weight excluding hydrogens is 310 g/mol. The molecule has 5 rings (SSSR count). The predicted octanol–water partition coefficient (Wildman–Crippen LogP) is 2.11. The summed E-state index contributed by atoms with van der Waals surface area (Å²) in [4.78, 5) is 14.6. The summed E-state index contributed by atoms with van der Waals surface area (Å²) in [7, 11) is 0. The van der Waals surface area contributed by atoms with Gasteiger partial charge in [0, 0.05) is 10.9 Å². The van der Waals surface area contributed by atoms with Crippen LogP contribution in [0.4, 0.5) is 0 Å². The van der Waals surface area contributed by atoms with Crippen molar-refractivity contribution in [2.45, 2.75) is 25.8 Å². The van der Waals surface area contributed by atoms with Gasteiger partial charge in [-0.25, -0.2) is 4.68 Å². The quantitative estimate of drug-likeness (QED) is 0.624. The first-order valence-electron chi connectivity index (χ1n) is 9.30. The molecule has 1 aliphatic heterocycles. The van der Waals surface area contributed by atoms with Gasteiger partial charge in [0.05, 0.1) is 31.6 Å². The number of piperidine rings is 1. The summed E-state index contributed by atoms with van der Waals surface area (Å²) in [5.74, 6) is 0. The van der Waals surface area contributed by atoms with Gasteiger partial charge in [-0.15, -0.1) is 0 Å². The van der Waals surface area contributed by atoms with E-state index < -0.39 is 0 Å². The van der Waals surface area contributed by atoms with Gasteiger partial charge < -0.3 is 4.90 Å². The van der Waals surface area contributed by atoms with E-state index in [-0.39, 0.29) is 5.56 Å². The number of hydrogen-bond donors (Lipinski definition) is 1. The molecule has 1 N–H and O–H groups in total. The zero-order valence-corrected chi connectivity index (χ0v) is 14.3. The Hall–Kier alpha value is -2.46. The second kappa shape index (κ2) is 5.81. The molecule has 3 aromatic rings. The number of nitrogens with zero attached hydrogens (tertiary/aromatic N) is 2. The molecule has 0 spiro atoms. The molecule has 1 fully saturated rings. The predicted molar refractivity (Wildman–Crippen MR) is 99.8 cm³/mol. The molecule has 0 unspecified atom stereocenters. The number of nitrogens with one attached hydrogen (secondary N) is 1. The van der Waals surface area contributed by atoms with Gasteiger partial charge in [0.1, 0.15) is 5.69 Å². The maximum atomic E-state index is 13.0. The van der Waals surface area contributed by atoms with E-state index in [0.717, 1.165) is 34.1 Å². The number of rotatable bonds is 3. The maximum absolute atomic E-state index is 13.0. The Bertz CT molecular complexity index is 1020. The minimum atomic E-state index is 0.0461. The van der Waals surface area contributed by atoms with Crippen LogP contribution in [0.5, 0.6) is 0 Å². The second-order valence-corrected chi connectivity index (χ2v) is 7.21. The molecule has 2 aromatic carbocycles. The fraction of sp³-hybridized carbons (Fsp3) is 0.333. The Morgan fingerprint density at radius 3 is 2.52 bits per heavy atom. The third-order valence-electron chi connectivity index (χ3n) is 5.70. The first-order chi connectivity index (χ1) is 12.3. The molecule has 0 amide bonds. The van der Waals surface area contributed by atoms with Crippen molar-refractivity contribution in [2.75, 3.05) is 19.6 Å².